The van der Waals surface area contributed by atoms with Gasteiger partial charge in [-0.15, -0.1) is 0 Å². The van der Waals surface area contributed by atoms with Crippen LogP contribution >= 0.6 is 11.6 Å². The first-order valence-corrected chi connectivity index (χ1v) is 7.69. The van der Waals surface area contributed by atoms with Crippen molar-refractivity contribution in [3.05, 3.63) is 59.3 Å². The van der Waals surface area contributed by atoms with E-state index in [-0.39, 0.29) is 29.6 Å². The van der Waals surface area contributed by atoms with Gasteiger partial charge >= 0.3 is 0 Å². The normalized spacial score (nSPS) is 10.8. The second-order valence-electron chi connectivity index (χ2n) is 5.01. The number of hydroxylamine groups is 1. The molecule has 0 bridgehead atoms. The molecule has 0 saturated heterocycles. The minimum Gasteiger partial charge on any atom is -0.394 e. The van der Waals surface area contributed by atoms with Crippen LogP contribution in [0.4, 0.5) is 15.8 Å². The van der Waals surface area contributed by atoms with Crippen molar-refractivity contribution in [1.29, 1.82) is 0 Å². The standard InChI is InChI=1S/C16H14ClFN4O3/c17-14-12(19-11-4-2-1-3-10(11)18)5-6-22-9-13(20-15(14)22)16(24)21-25-8-7-23/h1-6,9,19,23H,7-8H2,(H,21,24). The lowest BCUT2D eigenvalue weighted by atomic mass is 10.3. The van der Waals surface area contributed by atoms with E-state index in [0.29, 0.717) is 11.3 Å². The van der Waals surface area contributed by atoms with Crippen LogP contribution in [-0.2, 0) is 4.84 Å². The summed E-state index contributed by atoms with van der Waals surface area (Å²) >= 11 is 6.32. The number of pyridine rings is 1. The first kappa shape index (κ1) is 17.2. The fourth-order valence-electron chi connectivity index (χ4n) is 2.15. The van der Waals surface area contributed by atoms with E-state index in [4.69, 9.17) is 21.5 Å². The number of hydrogen-bond donors (Lipinski definition) is 3. The molecule has 3 N–H and O–H groups in total. The topological polar surface area (TPSA) is 87.9 Å². The fourth-order valence-corrected chi connectivity index (χ4v) is 2.40. The van der Waals surface area contributed by atoms with Gasteiger partial charge in [0.05, 0.1) is 24.6 Å². The van der Waals surface area contributed by atoms with Crippen LogP contribution in [0.2, 0.25) is 5.02 Å². The van der Waals surface area contributed by atoms with Crippen molar-refractivity contribution < 1.29 is 19.1 Å². The van der Waals surface area contributed by atoms with Crippen LogP contribution in [0.5, 0.6) is 0 Å². The van der Waals surface area contributed by atoms with Gasteiger partial charge in [0, 0.05) is 12.4 Å². The zero-order valence-electron chi connectivity index (χ0n) is 12.9. The van der Waals surface area contributed by atoms with Gasteiger partial charge in [-0.1, -0.05) is 23.7 Å². The number of fused-ring (bicyclic) bond motifs is 1. The second kappa shape index (κ2) is 7.47. The van der Waals surface area contributed by atoms with Crippen LogP contribution < -0.4 is 10.8 Å². The second-order valence-corrected chi connectivity index (χ2v) is 5.39. The Labute approximate surface area is 147 Å². The summed E-state index contributed by atoms with van der Waals surface area (Å²) in [5.74, 6) is -0.986. The molecule has 130 valence electrons. The number of nitrogens with one attached hydrogen (secondary N) is 2. The molecule has 0 spiro atoms. The number of amides is 1. The zero-order valence-corrected chi connectivity index (χ0v) is 13.6. The number of aliphatic hydroxyl groups excluding tert-OH is 1. The zero-order chi connectivity index (χ0) is 17.8. The molecule has 7 nitrogen and oxygen atoms in total. The third-order valence-electron chi connectivity index (χ3n) is 3.30. The molecule has 0 aliphatic carbocycles. The molecule has 1 amide bonds. The van der Waals surface area contributed by atoms with Crippen molar-refractivity contribution >= 4 is 34.5 Å². The van der Waals surface area contributed by atoms with E-state index in [1.165, 1.54) is 12.3 Å². The summed E-state index contributed by atoms with van der Waals surface area (Å²) < 4.78 is 15.3. The maximum absolute atomic E-state index is 13.8. The van der Waals surface area contributed by atoms with Crippen LogP contribution in [-0.4, -0.2) is 33.6 Å². The minimum absolute atomic E-state index is 0.0312. The summed E-state index contributed by atoms with van der Waals surface area (Å²) in [6.45, 7) is -0.251. The minimum atomic E-state index is -0.572. The quantitative estimate of drug-likeness (QED) is 0.462. The monoisotopic (exact) mass is 364 g/mol. The first-order chi connectivity index (χ1) is 12.1. The van der Waals surface area contributed by atoms with E-state index >= 15 is 0 Å². The molecule has 2 aromatic heterocycles. The summed E-state index contributed by atoms with van der Waals surface area (Å²) in [6.07, 6.45) is 3.12. The predicted molar refractivity (Wildman–Crippen MR) is 90.4 cm³/mol. The SMILES string of the molecule is O=C(NOCCO)c1cn2ccc(Nc3ccccc3F)c(Cl)c2n1. The van der Waals surface area contributed by atoms with E-state index in [9.17, 15) is 9.18 Å². The Morgan fingerprint density at radius 2 is 2.12 bits per heavy atom. The lowest BCUT2D eigenvalue weighted by Crippen LogP contribution is -2.25. The molecule has 0 fully saturated rings. The van der Waals surface area contributed by atoms with Crippen molar-refractivity contribution in [2.24, 2.45) is 0 Å². The Hall–Kier alpha value is -2.68. The molecular weight excluding hydrogens is 351 g/mol. The van der Waals surface area contributed by atoms with Crippen LogP contribution in [0, 0.1) is 5.82 Å². The molecule has 0 saturated carbocycles. The summed E-state index contributed by atoms with van der Waals surface area (Å²) in [5.41, 5.74) is 3.30. The molecule has 3 rings (SSSR count). The van der Waals surface area contributed by atoms with Gasteiger partial charge in [-0.25, -0.2) is 14.9 Å². The third-order valence-corrected chi connectivity index (χ3v) is 3.67. The third kappa shape index (κ3) is 3.71. The Balaban J connectivity index is 1.87. The van der Waals surface area contributed by atoms with Gasteiger partial charge in [-0.3, -0.25) is 9.63 Å². The summed E-state index contributed by atoms with van der Waals surface area (Å²) in [6, 6.07) is 7.84. The maximum atomic E-state index is 13.8. The summed E-state index contributed by atoms with van der Waals surface area (Å²) in [7, 11) is 0. The Bertz CT molecular complexity index is 916. The van der Waals surface area contributed by atoms with E-state index in [1.54, 1.807) is 34.9 Å². The number of aliphatic hydroxyl groups is 1. The molecule has 0 radical (unpaired) electrons. The number of rotatable bonds is 6. The number of para-hydroxylation sites is 1. The Morgan fingerprint density at radius 1 is 1.32 bits per heavy atom. The van der Waals surface area contributed by atoms with E-state index in [0.717, 1.165) is 0 Å². The highest BCUT2D eigenvalue weighted by Crippen LogP contribution is 2.30. The maximum Gasteiger partial charge on any atom is 0.295 e. The highest BCUT2D eigenvalue weighted by Gasteiger charge is 2.15. The Kier molecular flexibility index (Phi) is 5.13. The number of carbonyl (C=O) groups is 1. The summed E-state index contributed by atoms with van der Waals surface area (Å²) in [4.78, 5) is 20.8. The molecule has 0 aliphatic heterocycles. The molecule has 0 aliphatic rings. The average molecular weight is 365 g/mol. The molecule has 25 heavy (non-hydrogen) atoms. The molecule has 0 unspecified atom stereocenters. The lowest BCUT2D eigenvalue weighted by Gasteiger charge is -2.09. The number of nitrogens with zero attached hydrogens (tertiary/aromatic N) is 2. The van der Waals surface area contributed by atoms with Gasteiger partial charge in [0.1, 0.15) is 16.5 Å². The van der Waals surface area contributed by atoms with Crippen molar-refractivity contribution in [2.75, 3.05) is 18.5 Å². The van der Waals surface area contributed by atoms with Crippen molar-refractivity contribution in [2.45, 2.75) is 0 Å². The van der Waals surface area contributed by atoms with Gasteiger partial charge in [0.25, 0.3) is 5.91 Å². The molecule has 2 heterocycles. The number of halogens is 2. The van der Waals surface area contributed by atoms with Crippen LogP contribution in [0.15, 0.2) is 42.7 Å². The molecule has 1 aromatic carbocycles. The predicted octanol–water partition coefficient (Wildman–Crippen LogP) is 2.52. The molecule has 0 atom stereocenters. The number of anilines is 2. The van der Waals surface area contributed by atoms with Gasteiger partial charge in [-0.05, 0) is 18.2 Å². The highest BCUT2D eigenvalue weighted by atomic mass is 35.5. The number of hydrogen-bond acceptors (Lipinski definition) is 5. The average Bonchev–Trinajstić information content (AvgIpc) is 3.04. The number of aromatic nitrogens is 2. The van der Waals surface area contributed by atoms with Crippen molar-refractivity contribution in [3.8, 4) is 0 Å². The first-order valence-electron chi connectivity index (χ1n) is 7.32. The van der Waals surface area contributed by atoms with Crippen molar-refractivity contribution in [3.63, 3.8) is 0 Å². The van der Waals surface area contributed by atoms with Gasteiger partial charge in [-0.2, -0.15) is 0 Å². The largest absolute Gasteiger partial charge is 0.394 e. The van der Waals surface area contributed by atoms with Gasteiger partial charge in [0.2, 0.25) is 0 Å². The van der Waals surface area contributed by atoms with Crippen molar-refractivity contribution in [1.82, 2.24) is 14.9 Å². The smallest absolute Gasteiger partial charge is 0.295 e. The van der Waals surface area contributed by atoms with Crippen LogP contribution in [0.1, 0.15) is 10.5 Å². The molecular formula is C16H14ClFN4O3. The fraction of sp³-hybridized carbons (Fsp3) is 0.125. The molecule has 3 aromatic rings. The lowest BCUT2D eigenvalue weighted by molar-refractivity contribution is 0.0165. The van der Waals surface area contributed by atoms with E-state index in [1.807, 2.05) is 0 Å². The van der Waals surface area contributed by atoms with Gasteiger partial charge < -0.3 is 14.8 Å². The highest BCUT2D eigenvalue weighted by molar-refractivity contribution is 6.36. The van der Waals surface area contributed by atoms with Crippen LogP contribution in [0.25, 0.3) is 5.65 Å². The summed E-state index contributed by atoms with van der Waals surface area (Å²) in [5, 5.41) is 11.8. The Morgan fingerprint density at radius 3 is 2.88 bits per heavy atom. The van der Waals surface area contributed by atoms with E-state index in [2.05, 4.69) is 15.8 Å². The number of imidazole rings is 1. The van der Waals surface area contributed by atoms with Crippen LogP contribution in [0.3, 0.4) is 0 Å². The number of carbonyl (C=O) groups excluding carboxylic acids is 1. The number of benzene rings is 1. The molecule has 9 heteroatoms. The van der Waals surface area contributed by atoms with E-state index < -0.39 is 11.7 Å². The van der Waals surface area contributed by atoms with Gasteiger partial charge in [0.15, 0.2) is 5.65 Å².